The van der Waals surface area contributed by atoms with Gasteiger partial charge in [0.05, 0.1) is 0 Å². The number of hydrogen-bond acceptors (Lipinski definition) is 3. The topological polar surface area (TPSA) is 38.9 Å². The number of nitrogens with zero attached hydrogens (tertiary/aromatic N) is 2. The number of halogens is 1. The van der Waals surface area contributed by atoms with Crippen molar-refractivity contribution in [2.24, 2.45) is 0 Å². The summed E-state index contributed by atoms with van der Waals surface area (Å²) < 4.78 is 18.3. The van der Waals surface area contributed by atoms with E-state index in [0.29, 0.717) is 5.76 Å². The van der Waals surface area contributed by atoms with E-state index in [4.69, 9.17) is 4.42 Å². The maximum absolute atomic E-state index is 12.9. The quantitative estimate of drug-likeness (QED) is 0.687. The molecule has 0 fully saturated rings. The van der Waals surface area contributed by atoms with Crippen molar-refractivity contribution in [1.82, 2.24) is 9.97 Å². The number of hydrogen-bond donors (Lipinski definition) is 0. The minimum atomic E-state index is -0.274. The Balaban J connectivity index is 2.10. The Morgan fingerprint density at radius 2 is 1.61 bits per heavy atom. The third-order valence-corrected chi connectivity index (χ3v) is 2.63. The minimum absolute atomic E-state index is 0.274. The Hall–Kier alpha value is -2.49. The molecule has 0 aliphatic carbocycles. The molecule has 3 rings (SSSR count). The molecular formula is C14H9FN2O. The molecule has 2 aromatic heterocycles. The summed E-state index contributed by atoms with van der Waals surface area (Å²) in [6.45, 7) is 0. The van der Waals surface area contributed by atoms with E-state index in [9.17, 15) is 4.39 Å². The van der Waals surface area contributed by atoms with Gasteiger partial charge in [-0.3, -0.25) is 4.98 Å². The summed E-state index contributed by atoms with van der Waals surface area (Å²) >= 11 is 0. The molecule has 0 aliphatic rings. The van der Waals surface area contributed by atoms with Gasteiger partial charge in [-0.15, -0.1) is 0 Å². The molecule has 3 nitrogen and oxygen atoms in total. The predicted octanol–water partition coefficient (Wildman–Crippen LogP) is 3.54. The Morgan fingerprint density at radius 1 is 0.889 bits per heavy atom. The van der Waals surface area contributed by atoms with Crippen LogP contribution in [0.15, 0.2) is 59.6 Å². The lowest BCUT2D eigenvalue weighted by Gasteiger charge is -2.01. The van der Waals surface area contributed by atoms with Crippen LogP contribution in [0, 0.1) is 5.82 Å². The van der Waals surface area contributed by atoms with Crippen molar-refractivity contribution in [1.29, 1.82) is 0 Å². The number of benzene rings is 1. The van der Waals surface area contributed by atoms with Gasteiger partial charge in [0.25, 0.3) is 0 Å². The zero-order chi connectivity index (χ0) is 12.4. The molecule has 2 heterocycles. The monoisotopic (exact) mass is 240 g/mol. The molecule has 0 aliphatic heterocycles. The standard InChI is InChI=1S/C14H9FN2O/c15-12-3-1-11(2-4-12)14-13(17-9-18-14)10-5-7-16-8-6-10/h1-9H. The average Bonchev–Trinajstić information content (AvgIpc) is 2.90. The van der Waals surface area contributed by atoms with Crippen LogP contribution in [0.5, 0.6) is 0 Å². The van der Waals surface area contributed by atoms with Gasteiger partial charge in [0.1, 0.15) is 11.5 Å². The summed E-state index contributed by atoms with van der Waals surface area (Å²) in [5.74, 6) is 0.352. The van der Waals surface area contributed by atoms with Crippen LogP contribution in [0.3, 0.4) is 0 Å². The van der Waals surface area contributed by atoms with Gasteiger partial charge in [0.15, 0.2) is 12.2 Å². The molecular weight excluding hydrogens is 231 g/mol. The average molecular weight is 240 g/mol. The molecule has 88 valence electrons. The molecule has 1 aromatic carbocycles. The van der Waals surface area contributed by atoms with E-state index in [2.05, 4.69) is 9.97 Å². The van der Waals surface area contributed by atoms with Gasteiger partial charge in [0, 0.05) is 23.5 Å². The van der Waals surface area contributed by atoms with Crippen molar-refractivity contribution < 1.29 is 8.81 Å². The Bertz CT molecular complexity index is 647. The van der Waals surface area contributed by atoms with Crippen LogP contribution >= 0.6 is 0 Å². The summed E-state index contributed by atoms with van der Waals surface area (Å²) in [7, 11) is 0. The van der Waals surface area contributed by atoms with Crippen LogP contribution in [-0.2, 0) is 0 Å². The maximum atomic E-state index is 12.9. The minimum Gasteiger partial charge on any atom is -0.443 e. The van der Waals surface area contributed by atoms with Gasteiger partial charge in [-0.1, -0.05) is 0 Å². The van der Waals surface area contributed by atoms with Crippen LogP contribution < -0.4 is 0 Å². The van der Waals surface area contributed by atoms with E-state index in [1.807, 2.05) is 12.1 Å². The fraction of sp³-hybridized carbons (Fsp3) is 0. The van der Waals surface area contributed by atoms with Crippen molar-refractivity contribution in [3.8, 4) is 22.6 Å². The summed E-state index contributed by atoms with van der Waals surface area (Å²) in [4.78, 5) is 8.16. The van der Waals surface area contributed by atoms with Gasteiger partial charge >= 0.3 is 0 Å². The van der Waals surface area contributed by atoms with Crippen LogP contribution in [0.1, 0.15) is 0 Å². The van der Waals surface area contributed by atoms with Crippen molar-refractivity contribution in [3.63, 3.8) is 0 Å². The summed E-state index contributed by atoms with van der Waals surface area (Å²) in [5.41, 5.74) is 2.43. The highest BCUT2D eigenvalue weighted by Crippen LogP contribution is 2.30. The Kier molecular flexibility index (Phi) is 2.61. The molecule has 0 radical (unpaired) electrons. The van der Waals surface area contributed by atoms with Crippen LogP contribution in [0.2, 0.25) is 0 Å². The lowest BCUT2D eigenvalue weighted by atomic mass is 10.1. The van der Waals surface area contributed by atoms with Gasteiger partial charge in [-0.2, -0.15) is 0 Å². The highest BCUT2D eigenvalue weighted by Gasteiger charge is 2.12. The summed E-state index contributed by atoms with van der Waals surface area (Å²) in [6, 6.07) is 9.83. The third kappa shape index (κ3) is 1.88. The first kappa shape index (κ1) is 10.7. The second-order valence-corrected chi connectivity index (χ2v) is 3.77. The van der Waals surface area contributed by atoms with Crippen molar-refractivity contribution in [2.45, 2.75) is 0 Å². The molecule has 0 saturated carbocycles. The first-order valence-electron chi connectivity index (χ1n) is 5.44. The van der Waals surface area contributed by atoms with E-state index < -0.39 is 0 Å². The van der Waals surface area contributed by atoms with Crippen LogP contribution in [0.25, 0.3) is 22.6 Å². The molecule has 0 N–H and O–H groups in total. The Labute approximate surface area is 103 Å². The SMILES string of the molecule is Fc1ccc(-c2ocnc2-c2ccncc2)cc1. The number of oxazole rings is 1. The zero-order valence-electron chi connectivity index (χ0n) is 9.38. The predicted molar refractivity (Wildman–Crippen MR) is 65.1 cm³/mol. The Morgan fingerprint density at radius 3 is 2.33 bits per heavy atom. The van der Waals surface area contributed by atoms with Gasteiger partial charge in [-0.05, 0) is 36.4 Å². The summed E-state index contributed by atoms with van der Waals surface area (Å²) in [6.07, 6.45) is 4.77. The maximum Gasteiger partial charge on any atom is 0.182 e. The third-order valence-electron chi connectivity index (χ3n) is 2.63. The van der Waals surface area contributed by atoms with Crippen LogP contribution in [0.4, 0.5) is 4.39 Å². The normalized spacial score (nSPS) is 10.5. The zero-order valence-corrected chi connectivity index (χ0v) is 9.38. The number of pyridine rings is 1. The number of rotatable bonds is 2. The highest BCUT2D eigenvalue weighted by atomic mass is 19.1. The second-order valence-electron chi connectivity index (χ2n) is 3.77. The molecule has 0 atom stereocenters. The lowest BCUT2D eigenvalue weighted by Crippen LogP contribution is -1.83. The van der Waals surface area contributed by atoms with Gasteiger partial charge in [0.2, 0.25) is 0 Å². The largest absolute Gasteiger partial charge is 0.443 e. The van der Waals surface area contributed by atoms with Crippen molar-refractivity contribution in [2.75, 3.05) is 0 Å². The first-order chi connectivity index (χ1) is 8.84. The van der Waals surface area contributed by atoms with E-state index in [1.165, 1.54) is 18.5 Å². The fourth-order valence-electron chi connectivity index (χ4n) is 1.77. The second kappa shape index (κ2) is 4.41. The van der Waals surface area contributed by atoms with Crippen LogP contribution in [-0.4, -0.2) is 9.97 Å². The van der Waals surface area contributed by atoms with E-state index in [1.54, 1.807) is 24.5 Å². The summed E-state index contributed by atoms with van der Waals surface area (Å²) in [5, 5.41) is 0. The van der Waals surface area contributed by atoms with E-state index in [0.717, 1.165) is 16.8 Å². The molecule has 18 heavy (non-hydrogen) atoms. The fourth-order valence-corrected chi connectivity index (χ4v) is 1.77. The van der Waals surface area contributed by atoms with Gasteiger partial charge < -0.3 is 4.42 Å². The molecule has 3 aromatic rings. The lowest BCUT2D eigenvalue weighted by molar-refractivity contribution is 0.571. The van der Waals surface area contributed by atoms with Crippen molar-refractivity contribution in [3.05, 3.63) is 61.0 Å². The van der Waals surface area contributed by atoms with Crippen molar-refractivity contribution >= 4 is 0 Å². The molecule has 0 saturated heterocycles. The van der Waals surface area contributed by atoms with Gasteiger partial charge in [-0.25, -0.2) is 9.37 Å². The molecule has 4 heteroatoms. The highest BCUT2D eigenvalue weighted by molar-refractivity contribution is 5.76. The molecule has 0 amide bonds. The number of aromatic nitrogens is 2. The molecule has 0 spiro atoms. The molecule has 0 bridgehead atoms. The van der Waals surface area contributed by atoms with E-state index >= 15 is 0 Å². The first-order valence-corrected chi connectivity index (χ1v) is 5.44. The molecule has 0 unspecified atom stereocenters. The van der Waals surface area contributed by atoms with E-state index in [-0.39, 0.29) is 5.82 Å². The smallest absolute Gasteiger partial charge is 0.182 e.